The minimum atomic E-state index is 0.266. The topological polar surface area (TPSA) is 52.8 Å². The van der Waals surface area contributed by atoms with Gasteiger partial charge in [-0.3, -0.25) is 14.6 Å². The number of aryl methyl sites for hydroxylation is 2. The molecule has 0 atom stereocenters. The fourth-order valence-electron chi connectivity index (χ4n) is 3.80. The molecule has 2 heterocycles. The summed E-state index contributed by atoms with van der Waals surface area (Å²) in [6, 6.07) is 11.0. The van der Waals surface area contributed by atoms with Crippen LogP contribution in [-0.2, 0) is 17.9 Å². The molecule has 1 saturated carbocycles. The SMILES string of the molecule is Cc1ccc(CN(C(=O)CN2CCN(Cc3cc(C)no3)CC2)C2CC2)cc1. The van der Waals surface area contributed by atoms with Crippen LogP contribution in [0.25, 0.3) is 0 Å². The highest BCUT2D eigenvalue weighted by Gasteiger charge is 2.33. The molecule has 1 aromatic heterocycles. The van der Waals surface area contributed by atoms with Gasteiger partial charge in [0.2, 0.25) is 5.91 Å². The number of piperazine rings is 1. The molecule has 2 aromatic rings. The Balaban J connectivity index is 1.27. The number of rotatable bonds is 7. The van der Waals surface area contributed by atoms with Crippen molar-refractivity contribution in [3.05, 3.63) is 52.9 Å². The second-order valence-corrected chi connectivity index (χ2v) is 8.23. The molecule has 2 fully saturated rings. The lowest BCUT2D eigenvalue weighted by Gasteiger charge is -2.35. The molecule has 150 valence electrons. The second-order valence-electron chi connectivity index (χ2n) is 8.23. The quantitative estimate of drug-likeness (QED) is 0.737. The van der Waals surface area contributed by atoms with Crippen molar-refractivity contribution in [2.45, 2.75) is 45.8 Å². The zero-order chi connectivity index (χ0) is 19.5. The Labute approximate surface area is 167 Å². The molecule has 28 heavy (non-hydrogen) atoms. The van der Waals surface area contributed by atoms with Crippen LogP contribution in [0.2, 0.25) is 0 Å². The lowest BCUT2D eigenvalue weighted by Crippen LogP contribution is -2.50. The molecule has 0 N–H and O–H groups in total. The molecule has 0 radical (unpaired) electrons. The Hall–Kier alpha value is -2.18. The number of hydrogen-bond donors (Lipinski definition) is 0. The van der Waals surface area contributed by atoms with Crippen LogP contribution in [-0.4, -0.2) is 64.5 Å². The van der Waals surface area contributed by atoms with Gasteiger partial charge in [0, 0.05) is 44.8 Å². The molecule has 1 amide bonds. The first-order chi connectivity index (χ1) is 13.6. The van der Waals surface area contributed by atoms with Gasteiger partial charge in [-0.2, -0.15) is 0 Å². The van der Waals surface area contributed by atoms with Crippen LogP contribution in [0, 0.1) is 13.8 Å². The highest BCUT2D eigenvalue weighted by atomic mass is 16.5. The van der Waals surface area contributed by atoms with Crippen LogP contribution in [0.4, 0.5) is 0 Å². The first kappa shape index (κ1) is 19.2. The number of aromatic nitrogens is 1. The molecular weight excluding hydrogens is 352 g/mol. The minimum Gasteiger partial charge on any atom is -0.360 e. The Morgan fingerprint density at radius 1 is 1.11 bits per heavy atom. The summed E-state index contributed by atoms with van der Waals surface area (Å²) < 4.78 is 5.32. The third-order valence-electron chi connectivity index (χ3n) is 5.66. The van der Waals surface area contributed by atoms with Gasteiger partial charge in [-0.25, -0.2) is 0 Å². The lowest BCUT2D eigenvalue weighted by molar-refractivity contribution is -0.134. The maximum atomic E-state index is 13.0. The molecular formula is C22H30N4O2. The van der Waals surface area contributed by atoms with Gasteiger partial charge < -0.3 is 9.42 Å². The van der Waals surface area contributed by atoms with E-state index >= 15 is 0 Å². The van der Waals surface area contributed by atoms with Gasteiger partial charge in [-0.05, 0) is 32.3 Å². The molecule has 1 aliphatic carbocycles. The zero-order valence-corrected chi connectivity index (χ0v) is 16.9. The molecule has 6 nitrogen and oxygen atoms in total. The van der Waals surface area contributed by atoms with E-state index in [1.54, 1.807) is 0 Å². The predicted octanol–water partition coefficient (Wildman–Crippen LogP) is 2.60. The normalized spacial score (nSPS) is 18.4. The van der Waals surface area contributed by atoms with Crippen molar-refractivity contribution >= 4 is 5.91 Å². The van der Waals surface area contributed by atoms with E-state index in [2.05, 4.69) is 51.0 Å². The van der Waals surface area contributed by atoms with Gasteiger partial charge in [0.15, 0.2) is 5.76 Å². The van der Waals surface area contributed by atoms with Crippen LogP contribution in [0.1, 0.15) is 35.4 Å². The summed E-state index contributed by atoms with van der Waals surface area (Å²) in [4.78, 5) is 19.7. The monoisotopic (exact) mass is 382 g/mol. The van der Waals surface area contributed by atoms with Crippen molar-refractivity contribution < 1.29 is 9.32 Å². The molecule has 1 aliphatic heterocycles. The zero-order valence-electron chi connectivity index (χ0n) is 16.9. The Kier molecular flexibility index (Phi) is 5.78. The third-order valence-corrected chi connectivity index (χ3v) is 5.66. The highest BCUT2D eigenvalue weighted by molar-refractivity contribution is 5.79. The van der Waals surface area contributed by atoms with E-state index in [-0.39, 0.29) is 5.91 Å². The van der Waals surface area contributed by atoms with Crippen molar-refractivity contribution in [2.75, 3.05) is 32.7 Å². The number of carbonyl (C=O) groups excluding carboxylic acids is 1. The van der Waals surface area contributed by atoms with E-state index in [0.29, 0.717) is 12.6 Å². The highest BCUT2D eigenvalue weighted by Crippen LogP contribution is 2.28. The largest absolute Gasteiger partial charge is 0.360 e. The van der Waals surface area contributed by atoms with Gasteiger partial charge in [-0.1, -0.05) is 35.0 Å². The summed E-state index contributed by atoms with van der Waals surface area (Å²) >= 11 is 0. The minimum absolute atomic E-state index is 0.266. The number of hydrogen-bond acceptors (Lipinski definition) is 5. The number of carbonyl (C=O) groups is 1. The van der Waals surface area contributed by atoms with Crippen molar-refractivity contribution in [3.63, 3.8) is 0 Å². The van der Waals surface area contributed by atoms with Crippen LogP contribution < -0.4 is 0 Å². The number of amides is 1. The van der Waals surface area contributed by atoms with Crippen LogP contribution >= 0.6 is 0 Å². The molecule has 0 bridgehead atoms. The Bertz CT molecular complexity index is 789. The Morgan fingerprint density at radius 2 is 1.79 bits per heavy atom. The van der Waals surface area contributed by atoms with Crippen molar-refractivity contribution in [1.29, 1.82) is 0 Å². The molecule has 4 rings (SSSR count). The smallest absolute Gasteiger partial charge is 0.237 e. The fourth-order valence-corrected chi connectivity index (χ4v) is 3.80. The van der Waals surface area contributed by atoms with E-state index < -0.39 is 0 Å². The Morgan fingerprint density at radius 3 is 2.39 bits per heavy atom. The summed E-state index contributed by atoms with van der Waals surface area (Å²) in [7, 11) is 0. The first-order valence-corrected chi connectivity index (χ1v) is 10.3. The van der Waals surface area contributed by atoms with Crippen LogP contribution in [0.3, 0.4) is 0 Å². The van der Waals surface area contributed by atoms with Gasteiger partial charge in [0.05, 0.1) is 18.8 Å². The van der Waals surface area contributed by atoms with Crippen LogP contribution in [0.15, 0.2) is 34.9 Å². The third kappa shape index (κ3) is 5.00. The van der Waals surface area contributed by atoms with Crippen molar-refractivity contribution in [1.82, 2.24) is 19.9 Å². The van der Waals surface area contributed by atoms with Gasteiger partial charge in [0.1, 0.15) is 0 Å². The lowest BCUT2D eigenvalue weighted by atomic mass is 10.1. The summed E-state index contributed by atoms with van der Waals surface area (Å²) in [6.07, 6.45) is 2.28. The fraction of sp³-hybridized carbons (Fsp3) is 0.545. The van der Waals surface area contributed by atoms with E-state index in [0.717, 1.165) is 63.6 Å². The van der Waals surface area contributed by atoms with Crippen molar-refractivity contribution in [2.24, 2.45) is 0 Å². The predicted molar refractivity (Wildman–Crippen MR) is 108 cm³/mol. The average molecular weight is 383 g/mol. The van der Waals surface area contributed by atoms with Crippen molar-refractivity contribution in [3.8, 4) is 0 Å². The molecule has 1 saturated heterocycles. The van der Waals surface area contributed by atoms with Gasteiger partial charge in [0.25, 0.3) is 0 Å². The number of benzene rings is 1. The van der Waals surface area contributed by atoms with Crippen LogP contribution in [0.5, 0.6) is 0 Å². The first-order valence-electron chi connectivity index (χ1n) is 10.3. The maximum Gasteiger partial charge on any atom is 0.237 e. The number of nitrogens with zero attached hydrogens (tertiary/aromatic N) is 4. The standard InChI is InChI=1S/C22H30N4O2/c1-17-3-5-19(6-4-17)14-26(20-7-8-20)22(27)16-25-11-9-24(10-12-25)15-21-13-18(2)23-28-21/h3-6,13,20H,7-12,14-16H2,1-2H3. The summed E-state index contributed by atoms with van der Waals surface area (Å²) in [6.45, 7) is 9.83. The van der Waals surface area contributed by atoms with Gasteiger partial charge in [-0.15, -0.1) is 0 Å². The molecule has 1 aromatic carbocycles. The van der Waals surface area contributed by atoms with E-state index in [1.165, 1.54) is 11.1 Å². The van der Waals surface area contributed by atoms with E-state index in [9.17, 15) is 4.79 Å². The molecule has 0 spiro atoms. The average Bonchev–Trinajstić information content (AvgIpc) is 3.44. The summed E-state index contributed by atoms with van der Waals surface area (Å²) in [5, 5.41) is 3.96. The second kappa shape index (κ2) is 8.45. The maximum absolute atomic E-state index is 13.0. The summed E-state index contributed by atoms with van der Waals surface area (Å²) in [5.74, 6) is 1.18. The van der Waals surface area contributed by atoms with Gasteiger partial charge >= 0.3 is 0 Å². The summed E-state index contributed by atoms with van der Waals surface area (Å²) in [5.41, 5.74) is 3.40. The van der Waals surface area contributed by atoms with E-state index in [1.807, 2.05) is 13.0 Å². The van der Waals surface area contributed by atoms with E-state index in [4.69, 9.17) is 4.52 Å². The molecule has 0 unspecified atom stereocenters. The molecule has 2 aliphatic rings. The molecule has 6 heteroatoms.